The van der Waals surface area contributed by atoms with Crippen molar-refractivity contribution in [2.24, 2.45) is 11.1 Å². The minimum absolute atomic E-state index is 0.104. The molecule has 5 rings (SSSR count). The second kappa shape index (κ2) is 10.7. The molecule has 0 spiro atoms. The number of carbonyl (C=O) groups excluding carboxylic acids is 1. The van der Waals surface area contributed by atoms with Crippen LogP contribution in [-0.4, -0.2) is 55.0 Å². The summed E-state index contributed by atoms with van der Waals surface area (Å²) in [6.45, 7) is 4.50. The number of fused-ring (bicyclic) bond motifs is 1. The Balaban J connectivity index is 1.34. The number of halogens is 1. The van der Waals surface area contributed by atoms with Crippen LogP contribution < -0.4 is 27.2 Å². The standard InChI is InChI=1S/C25H26ClN9O3S/c1-25(13-27)5-8-34(9-6-25)16-12-30-23(20(28)32-16)39-15-4-2-3-14(19(15)26)31-21(36)18-22(37)33-17-11-29-7-10-35(17)24(18)38/h2-4,7,10-12,37H,5-6,8-9,13,27H2,1H3,(H2,28,32)(H,31,36). The van der Waals surface area contributed by atoms with Crippen LogP contribution in [0.4, 0.5) is 17.3 Å². The van der Waals surface area contributed by atoms with Gasteiger partial charge in [-0.15, -0.1) is 0 Å². The van der Waals surface area contributed by atoms with E-state index in [4.69, 9.17) is 23.1 Å². The van der Waals surface area contributed by atoms with E-state index in [0.29, 0.717) is 22.3 Å². The Hall–Kier alpha value is -3.94. The maximum absolute atomic E-state index is 13.0. The van der Waals surface area contributed by atoms with Gasteiger partial charge in [-0.1, -0.05) is 36.4 Å². The summed E-state index contributed by atoms with van der Waals surface area (Å²) in [4.78, 5) is 45.3. The number of carbonyl (C=O) groups is 1. The van der Waals surface area contributed by atoms with Crippen molar-refractivity contribution in [1.82, 2.24) is 24.3 Å². The van der Waals surface area contributed by atoms with Gasteiger partial charge in [0.15, 0.2) is 17.0 Å². The van der Waals surface area contributed by atoms with Gasteiger partial charge in [-0.2, -0.15) is 4.98 Å². The van der Waals surface area contributed by atoms with Crippen molar-refractivity contribution in [3.05, 3.63) is 63.9 Å². The summed E-state index contributed by atoms with van der Waals surface area (Å²) < 4.78 is 1.11. The van der Waals surface area contributed by atoms with E-state index in [-0.39, 0.29) is 27.6 Å². The van der Waals surface area contributed by atoms with Gasteiger partial charge in [-0.3, -0.25) is 19.0 Å². The molecule has 1 amide bonds. The Morgan fingerprint density at radius 2 is 2.03 bits per heavy atom. The molecule has 4 heterocycles. The predicted molar refractivity (Wildman–Crippen MR) is 150 cm³/mol. The van der Waals surface area contributed by atoms with Gasteiger partial charge < -0.3 is 26.8 Å². The van der Waals surface area contributed by atoms with E-state index < -0.39 is 22.9 Å². The van der Waals surface area contributed by atoms with E-state index in [9.17, 15) is 14.7 Å². The van der Waals surface area contributed by atoms with Gasteiger partial charge in [-0.25, -0.2) is 9.97 Å². The van der Waals surface area contributed by atoms with Gasteiger partial charge >= 0.3 is 0 Å². The molecule has 1 saturated heterocycles. The number of nitrogens with one attached hydrogen (secondary N) is 1. The summed E-state index contributed by atoms with van der Waals surface area (Å²) in [5, 5.41) is 13.5. The number of nitrogen functional groups attached to an aromatic ring is 1. The molecule has 1 aliphatic rings. The van der Waals surface area contributed by atoms with Crippen LogP contribution in [-0.2, 0) is 0 Å². The third-order valence-corrected chi connectivity index (χ3v) is 8.39. The van der Waals surface area contributed by atoms with Gasteiger partial charge in [0.25, 0.3) is 11.5 Å². The number of hydrogen-bond acceptors (Lipinski definition) is 11. The van der Waals surface area contributed by atoms with E-state index in [1.807, 2.05) is 0 Å². The fraction of sp³-hybridized carbons (Fsp3) is 0.280. The first kappa shape index (κ1) is 26.7. The molecule has 4 aromatic rings. The molecule has 12 nitrogen and oxygen atoms in total. The topological polar surface area (TPSA) is 178 Å². The van der Waals surface area contributed by atoms with E-state index in [2.05, 4.69) is 37.1 Å². The average molecular weight is 568 g/mol. The lowest BCUT2D eigenvalue weighted by Crippen LogP contribution is -2.42. The summed E-state index contributed by atoms with van der Waals surface area (Å²) in [7, 11) is 0. The van der Waals surface area contributed by atoms with E-state index in [1.165, 1.54) is 30.4 Å². The second-order valence-corrected chi connectivity index (χ2v) is 10.9. The smallest absolute Gasteiger partial charge is 0.274 e. The molecular weight excluding hydrogens is 542 g/mol. The molecular formula is C25H26ClN9O3S. The number of nitrogens with zero attached hydrogens (tertiary/aromatic N) is 6. The Morgan fingerprint density at radius 3 is 2.74 bits per heavy atom. The van der Waals surface area contributed by atoms with Gasteiger partial charge in [-0.05, 0) is 36.9 Å². The van der Waals surface area contributed by atoms with E-state index >= 15 is 0 Å². The average Bonchev–Trinajstić information content (AvgIpc) is 2.92. The number of piperidine rings is 1. The van der Waals surface area contributed by atoms with Crippen molar-refractivity contribution in [3.8, 4) is 5.88 Å². The molecule has 1 fully saturated rings. The molecule has 1 aromatic carbocycles. The summed E-state index contributed by atoms with van der Waals surface area (Å²) in [5.74, 6) is -0.619. The largest absolute Gasteiger partial charge is 0.493 e. The summed E-state index contributed by atoms with van der Waals surface area (Å²) in [6, 6.07) is 4.99. The molecule has 39 heavy (non-hydrogen) atoms. The first-order valence-corrected chi connectivity index (χ1v) is 13.3. The monoisotopic (exact) mass is 567 g/mol. The maximum atomic E-state index is 13.0. The molecule has 1 aliphatic heterocycles. The third-order valence-electron chi connectivity index (χ3n) is 6.80. The molecule has 0 radical (unpaired) electrons. The van der Waals surface area contributed by atoms with Gasteiger partial charge in [0.2, 0.25) is 5.88 Å². The number of amides is 1. The van der Waals surface area contributed by atoms with Crippen molar-refractivity contribution in [2.75, 3.05) is 35.6 Å². The Kier molecular flexibility index (Phi) is 7.30. The van der Waals surface area contributed by atoms with Gasteiger partial charge in [0.05, 0.1) is 23.1 Å². The highest BCUT2D eigenvalue weighted by Crippen LogP contribution is 2.39. The predicted octanol–water partition coefficient (Wildman–Crippen LogP) is 2.79. The normalized spacial score (nSPS) is 14.9. The molecule has 0 bridgehead atoms. The number of rotatable bonds is 6. The molecule has 0 aliphatic carbocycles. The van der Waals surface area contributed by atoms with Crippen molar-refractivity contribution >= 4 is 52.2 Å². The summed E-state index contributed by atoms with van der Waals surface area (Å²) >= 11 is 7.79. The van der Waals surface area contributed by atoms with Crippen LogP contribution in [0.15, 0.2) is 57.7 Å². The number of hydrogen-bond donors (Lipinski definition) is 4. The number of aromatic nitrogens is 5. The van der Waals surface area contributed by atoms with Crippen LogP contribution in [0, 0.1) is 5.41 Å². The van der Waals surface area contributed by atoms with Crippen LogP contribution >= 0.6 is 23.4 Å². The van der Waals surface area contributed by atoms with Crippen LogP contribution in [0.3, 0.4) is 0 Å². The number of anilines is 3. The SMILES string of the molecule is CC1(CN)CCN(c2cnc(Sc3cccc(NC(=O)c4c(O)nc5cnccn5c4=O)c3Cl)c(N)n2)CC1. The fourth-order valence-corrected chi connectivity index (χ4v) is 5.35. The number of nitrogens with two attached hydrogens (primary N) is 2. The zero-order valence-corrected chi connectivity index (χ0v) is 22.5. The van der Waals surface area contributed by atoms with Crippen LogP contribution in [0.25, 0.3) is 5.65 Å². The first-order chi connectivity index (χ1) is 18.7. The van der Waals surface area contributed by atoms with Gasteiger partial charge in [0.1, 0.15) is 10.8 Å². The quantitative estimate of drug-likeness (QED) is 0.269. The maximum Gasteiger partial charge on any atom is 0.274 e. The number of benzene rings is 1. The third kappa shape index (κ3) is 5.33. The zero-order chi connectivity index (χ0) is 27.7. The lowest BCUT2D eigenvalue weighted by atomic mass is 9.80. The summed E-state index contributed by atoms with van der Waals surface area (Å²) in [5.41, 5.74) is 11.4. The lowest BCUT2D eigenvalue weighted by Gasteiger charge is -2.39. The molecule has 0 atom stereocenters. The second-order valence-electron chi connectivity index (χ2n) is 9.51. The lowest BCUT2D eigenvalue weighted by molar-refractivity contribution is 0.102. The van der Waals surface area contributed by atoms with Gasteiger partial charge in [0, 0.05) is 30.4 Å². The Labute approximate surface area is 232 Å². The summed E-state index contributed by atoms with van der Waals surface area (Å²) in [6.07, 6.45) is 7.63. The number of aromatic hydroxyl groups is 1. The first-order valence-electron chi connectivity index (χ1n) is 12.1. The van der Waals surface area contributed by atoms with Crippen molar-refractivity contribution in [1.29, 1.82) is 0 Å². The van der Waals surface area contributed by atoms with Crippen LogP contribution in [0.2, 0.25) is 5.02 Å². The molecule has 3 aromatic heterocycles. The van der Waals surface area contributed by atoms with Crippen LogP contribution in [0.5, 0.6) is 5.88 Å². The Morgan fingerprint density at radius 1 is 1.26 bits per heavy atom. The van der Waals surface area contributed by atoms with Crippen LogP contribution in [0.1, 0.15) is 30.1 Å². The van der Waals surface area contributed by atoms with Crippen molar-refractivity contribution < 1.29 is 9.90 Å². The molecule has 202 valence electrons. The van der Waals surface area contributed by atoms with Crippen molar-refractivity contribution in [3.63, 3.8) is 0 Å². The minimum Gasteiger partial charge on any atom is -0.493 e. The van der Waals surface area contributed by atoms with E-state index in [0.717, 1.165) is 30.3 Å². The Bertz CT molecular complexity index is 1620. The van der Waals surface area contributed by atoms with Crippen molar-refractivity contribution in [2.45, 2.75) is 29.7 Å². The molecule has 0 saturated carbocycles. The highest BCUT2D eigenvalue weighted by atomic mass is 35.5. The molecule has 0 unspecified atom stereocenters. The molecule has 14 heteroatoms. The molecule has 6 N–H and O–H groups in total. The zero-order valence-electron chi connectivity index (χ0n) is 21.0. The highest BCUT2D eigenvalue weighted by molar-refractivity contribution is 7.99. The van der Waals surface area contributed by atoms with E-state index in [1.54, 1.807) is 24.4 Å². The highest BCUT2D eigenvalue weighted by Gasteiger charge is 2.29. The minimum atomic E-state index is -0.865. The fourth-order valence-electron chi connectivity index (χ4n) is 4.26.